The molecule has 2 heterocycles. The molecule has 2 N–H and O–H groups in total. The fourth-order valence-electron chi connectivity index (χ4n) is 4.48. The zero-order valence-electron chi connectivity index (χ0n) is 20.3. The molecule has 1 aliphatic rings. The number of aliphatic hydroxyl groups is 1. The van der Waals surface area contributed by atoms with Crippen molar-refractivity contribution in [3.8, 4) is 11.4 Å². The summed E-state index contributed by atoms with van der Waals surface area (Å²) in [5, 5.41) is 13.7. The van der Waals surface area contributed by atoms with Gasteiger partial charge in [-0.25, -0.2) is 18.7 Å². The minimum Gasteiger partial charge on any atom is -0.383 e. The van der Waals surface area contributed by atoms with Crippen LogP contribution in [0.4, 0.5) is 14.6 Å². The first-order chi connectivity index (χ1) is 16.7. The van der Waals surface area contributed by atoms with Crippen LogP contribution in [0.15, 0.2) is 42.5 Å². The number of aryl methyl sites for hydroxylation is 1. The van der Waals surface area contributed by atoms with Crippen LogP contribution in [0.25, 0.3) is 22.3 Å². The van der Waals surface area contributed by atoms with E-state index in [1.54, 1.807) is 18.2 Å². The van der Waals surface area contributed by atoms with E-state index in [1.807, 2.05) is 39.0 Å². The Morgan fingerprint density at radius 2 is 1.86 bits per heavy atom. The number of piperidine rings is 1. The number of carbonyl (C=O) groups excluding carboxylic acids is 1. The Hall–Kier alpha value is -3.13. The molecule has 8 heteroatoms. The molecule has 0 radical (unpaired) electrons. The quantitative estimate of drug-likeness (QED) is 0.501. The molecule has 1 amide bonds. The third-order valence-corrected chi connectivity index (χ3v) is 6.65. The molecule has 1 aliphatic heterocycles. The molecule has 1 atom stereocenters. The molecule has 3 aromatic rings. The number of benzene rings is 2. The van der Waals surface area contributed by atoms with E-state index >= 15 is 0 Å². The van der Waals surface area contributed by atoms with Gasteiger partial charge in [-0.05, 0) is 49.3 Å². The average molecular weight is 483 g/mol. The number of amides is 1. The molecule has 0 aliphatic carbocycles. The van der Waals surface area contributed by atoms with Gasteiger partial charge in [0.25, 0.3) is 6.43 Å². The second kappa shape index (κ2) is 10.6. The number of hydrogen-bond acceptors (Lipinski definition) is 5. The number of rotatable bonds is 7. The molecule has 0 bridgehead atoms. The number of hydrogen-bond donors (Lipinski definition) is 2. The van der Waals surface area contributed by atoms with E-state index in [4.69, 9.17) is 4.98 Å². The summed E-state index contributed by atoms with van der Waals surface area (Å²) < 4.78 is 27.4. The van der Waals surface area contributed by atoms with Crippen LogP contribution < -0.4 is 10.2 Å². The molecule has 0 saturated carbocycles. The summed E-state index contributed by atoms with van der Waals surface area (Å²) in [5.74, 6) is 0.875. The van der Waals surface area contributed by atoms with Crippen molar-refractivity contribution in [2.75, 3.05) is 24.5 Å². The lowest BCUT2D eigenvalue weighted by Crippen LogP contribution is -2.43. The minimum absolute atomic E-state index is 0.0801. The van der Waals surface area contributed by atoms with Crippen LogP contribution in [0, 0.1) is 18.8 Å². The zero-order chi connectivity index (χ0) is 25.1. The first kappa shape index (κ1) is 25.0. The molecule has 186 valence electrons. The van der Waals surface area contributed by atoms with Crippen LogP contribution in [0.5, 0.6) is 0 Å². The Labute approximate surface area is 204 Å². The maximum atomic E-state index is 13.7. The van der Waals surface area contributed by atoms with Crippen LogP contribution in [0.2, 0.25) is 0 Å². The van der Waals surface area contributed by atoms with E-state index in [-0.39, 0.29) is 17.4 Å². The molecule has 6 nitrogen and oxygen atoms in total. The smallest absolute Gasteiger partial charge is 0.264 e. The van der Waals surface area contributed by atoms with Gasteiger partial charge in [-0.1, -0.05) is 44.2 Å². The lowest BCUT2D eigenvalue weighted by molar-refractivity contribution is -0.131. The predicted molar refractivity (Wildman–Crippen MR) is 133 cm³/mol. The van der Waals surface area contributed by atoms with Gasteiger partial charge in [0, 0.05) is 36.1 Å². The fraction of sp³-hybridized carbons (Fsp3) is 0.444. The lowest BCUT2D eigenvalue weighted by Gasteiger charge is -2.34. The highest BCUT2D eigenvalue weighted by molar-refractivity contribution is 5.91. The van der Waals surface area contributed by atoms with Gasteiger partial charge in [-0.15, -0.1) is 0 Å². The van der Waals surface area contributed by atoms with Crippen molar-refractivity contribution in [2.24, 2.45) is 11.8 Å². The number of nitrogens with one attached hydrogen (secondary N) is 1. The maximum absolute atomic E-state index is 13.7. The summed E-state index contributed by atoms with van der Waals surface area (Å²) >= 11 is 0. The number of alkyl halides is 2. The standard InChI is InChI=1S/C27H32F2N4O2/c1-16(2)23(34)27(35)30-15-18-10-12-33(13-11-18)26-21-9-8-17(3)14-22(21)31-25(32-26)20-7-5-4-6-19(20)24(28)29/h4-9,14,16,18,23-24,34H,10-13,15H2,1-3H3,(H,30,35). The van der Waals surface area contributed by atoms with Gasteiger partial charge in [0.1, 0.15) is 11.9 Å². The largest absolute Gasteiger partial charge is 0.383 e. The SMILES string of the molecule is Cc1ccc2c(N3CCC(CNC(=O)C(O)C(C)C)CC3)nc(-c3ccccc3C(F)F)nc2c1. The highest BCUT2D eigenvalue weighted by atomic mass is 19.3. The molecule has 2 aromatic carbocycles. The van der Waals surface area contributed by atoms with Crippen LogP contribution in [-0.2, 0) is 4.79 Å². The lowest BCUT2D eigenvalue weighted by atomic mass is 9.96. The number of fused-ring (bicyclic) bond motifs is 1. The highest BCUT2D eigenvalue weighted by Gasteiger charge is 2.25. The monoisotopic (exact) mass is 482 g/mol. The molecular weight excluding hydrogens is 450 g/mol. The Balaban J connectivity index is 1.58. The third-order valence-electron chi connectivity index (χ3n) is 6.65. The van der Waals surface area contributed by atoms with Crippen molar-refractivity contribution in [1.29, 1.82) is 0 Å². The van der Waals surface area contributed by atoms with Crippen molar-refractivity contribution in [3.05, 3.63) is 53.6 Å². The molecule has 0 spiro atoms. The van der Waals surface area contributed by atoms with Gasteiger partial charge in [0.15, 0.2) is 5.82 Å². The van der Waals surface area contributed by atoms with Gasteiger partial charge in [0.2, 0.25) is 5.91 Å². The van der Waals surface area contributed by atoms with Gasteiger partial charge in [0.05, 0.1) is 5.52 Å². The molecular formula is C27H32F2N4O2. The van der Waals surface area contributed by atoms with Crippen LogP contribution >= 0.6 is 0 Å². The summed E-state index contributed by atoms with van der Waals surface area (Å²) in [5.41, 5.74) is 2.02. The highest BCUT2D eigenvalue weighted by Crippen LogP contribution is 2.34. The zero-order valence-corrected chi connectivity index (χ0v) is 20.3. The van der Waals surface area contributed by atoms with E-state index in [2.05, 4.69) is 15.2 Å². The van der Waals surface area contributed by atoms with Crippen molar-refractivity contribution in [1.82, 2.24) is 15.3 Å². The van der Waals surface area contributed by atoms with Gasteiger partial charge in [-0.2, -0.15) is 0 Å². The number of aliphatic hydroxyl groups excluding tert-OH is 1. The second-order valence-corrected chi connectivity index (χ2v) is 9.64. The van der Waals surface area contributed by atoms with E-state index < -0.39 is 12.5 Å². The average Bonchev–Trinajstić information content (AvgIpc) is 2.86. The second-order valence-electron chi connectivity index (χ2n) is 9.64. The molecule has 35 heavy (non-hydrogen) atoms. The summed E-state index contributed by atoms with van der Waals surface area (Å²) in [7, 11) is 0. The Kier molecular flexibility index (Phi) is 7.60. The Bertz CT molecular complexity index is 1190. The molecule has 1 saturated heterocycles. The topological polar surface area (TPSA) is 78.4 Å². The minimum atomic E-state index is -2.62. The van der Waals surface area contributed by atoms with Crippen LogP contribution in [0.3, 0.4) is 0 Å². The van der Waals surface area contributed by atoms with Gasteiger partial charge in [-0.3, -0.25) is 4.79 Å². The first-order valence-corrected chi connectivity index (χ1v) is 12.1. The van der Waals surface area contributed by atoms with Gasteiger partial charge < -0.3 is 15.3 Å². The maximum Gasteiger partial charge on any atom is 0.264 e. The molecule has 1 fully saturated rings. The molecule has 4 rings (SSSR count). The normalized spacial score (nSPS) is 15.7. The summed E-state index contributed by atoms with van der Waals surface area (Å²) in [4.78, 5) is 23.7. The molecule has 1 unspecified atom stereocenters. The summed E-state index contributed by atoms with van der Waals surface area (Å²) in [6.45, 7) is 7.57. The Morgan fingerprint density at radius 1 is 1.14 bits per heavy atom. The number of nitrogens with zero attached hydrogens (tertiary/aromatic N) is 3. The number of halogens is 2. The predicted octanol–water partition coefficient (Wildman–Crippen LogP) is 4.89. The fourth-order valence-corrected chi connectivity index (χ4v) is 4.48. The summed E-state index contributed by atoms with van der Waals surface area (Å²) in [6.07, 6.45) is -1.93. The van der Waals surface area contributed by atoms with E-state index in [9.17, 15) is 18.7 Å². The van der Waals surface area contributed by atoms with Crippen molar-refractivity contribution < 1.29 is 18.7 Å². The third kappa shape index (κ3) is 5.59. The van der Waals surface area contributed by atoms with Gasteiger partial charge >= 0.3 is 0 Å². The first-order valence-electron chi connectivity index (χ1n) is 12.1. The summed E-state index contributed by atoms with van der Waals surface area (Å²) in [6, 6.07) is 12.3. The van der Waals surface area contributed by atoms with E-state index in [1.165, 1.54) is 6.07 Å². The van der Waals surface area contributed by atoms with Crippen molar-refractivity contribution in [3.63, 3.8) is 0 Å². The van der Waals surface area contributed by atoms with E-state index in [0.29, 0.717) is 23.9 Å². The number of carbonyl (C=O) groups is 1. The van der Waals surface area contributed by atoms with Crippen molar-refractivity contribution in [2.45, 2.75) is 46.1 Å². The van der Waals surface area contributed by atoms with E-state index in [0.717, 1.165) is 48.2 Å². The molecule has 1 aromatic heterocycles. The van der Waals surface area contributed by atoms with Crippen LogP contribution in [0.1, 0.15) is 44.2 Å². The van der Waals surface area contributed by atoms with Crippen LogP contribution in [-0.4, -0.2) is 46.7 Å². The Morgan fingerprint density at radius 3 is 2.54 bits per heavy atom. The number of anilines is 1. The van der Waals surface area contributed by atoms with Crippen molar-refractivity contribution >= 4 is 22.6 Å². The number of aromatic nitrogens is 2.